The molecular weight excluding hydrogens is 333 g/mol. The van der Waals surface area contributed by atoms with E-state index in [0.29, 0.717) is 17.1 Å². The molecule has 6 heteroatoms. The molecule has 2 aromatic rings. The van der Waals surface area contributed by atoms with Crippen LogP contribution in [0.15, 0.2) is 24.4 Å². The van der Waals surface area contributed by atoms with Crippen LogP contribution in [0.4, 0.5) is 0 Å². The second kappa shape index (κ2) is 8.69. The van der Waals surface area contributed by atoms with Gasteiger partial charge in [0.05, 0.1) is 5.02 Å². The van der Waals surface area contributed by atoms with Crippen LogP contribution < -0.4 is 5.32 Å². The number of halogens is 2. The van der Waals surface area contributed by atoms with Gasteiger partial charge in [-0.1, -0.05) is 11.6 Å². The summed E-state index contributed by atoms with van der Waals surface area (Å²) < 4.78 is 0. The number of benzene rings is 1. The Bertz CT molecular complexity index is 645. The van der Waals surface area contributed by atoms with Gasteiger partial charge in [-0.25, -0.2) is 0 Å². The van der Waals surface area contributed by atoms with Gasteiger partial charge in [0.15, 0.2) is 0 Å². The van der Waals surface area contributed by atoms with Crippen molar-refractivity contribution in [2.75, 3.05) is 26.2 Å². The number of nitrogens with zero attached hydrogens (tertiary/aromatic N) is 2. The van der Waals surface area contributed by atoms with Gasteiger partial charge in [-0.3, -0.25) is 4.98 Å². The molecule has 0 bridgehead atoms. The molecule has 2 heterocycles. The third kappa shape index (κ3) is 4.48. The molecule has 0 radical (unpaired) electrons. The molecule has 1 aliphatic heterocycles. The molecular formula is C17H23Cl2N3O. The summed E-state index contributed by atoms with van der Waals surface area (Å²) in [5.74, 6) is 0.229. The number of phenols is 1. The second-order valence-electron chi connectivity index (χ2n) is 5.84. The number of aromatic hydroxyl groups is 1. The van der Waals surface area contributed by atoms with Crippen LogP contribution in [0.3, 0.4) is 0 Å². The quantitative estimate of drug-likeness (QED) is 0.777. The summed E-state index contributed by atoms with van der Waals surface area (Å²) in [7, 11) is 0. The molecule has 1 aromatic carbocycles. The van der Waals surface area contributed by atoms with Crippen LogP contribution in [0.2, 0.25) is 5.02 Å². The van der Waals surface area contributed by atoms with Gasteiger partial charge in [0.25, 0.3) is 0 Å². The smallest absolute Gasteiger partial charge is 0.146 e. The predicted octanol–water partition coefficient (Wildman–Crippen LogP) is 3.59. The minimum Gasteiger partial charge on any atom is -0.505 e. The molecule has 0 saturated carbocycles. The van der Waals surface area contributed by atoms with E-state index in [4.69, 9.17) is 11.6 Å². The average molecular weight is 356 g/mol. The Balaban J connectivity index is 0.00000192. The molecule has 0 atom stereocenters. The van der Waals surface area contributed by atoms with Gasteiger partial charge >= 0.3 is 0 Å². The van der Waals surface area contributed by atoms with E-state index in [2.05, 4.69) is 15.2 Å². The summed E-state index contributed by atoms with van der Waals surface area (Å²) in [6.45, 7) is 5.18. The lowest BCUT2D eigenvalue weighted by atomic mass is 10.1. The van der Waals surface area contributed by atoms with Gasteiger partial charge in [0.1, 0.15) is 11.3 Å². The summed E-state index contributed by atoms with van der Waals surface area (Å²) in [5.41, 5.74) is 1.38. The van der Waals surface area contributed by atoms with Crippen molar-refractivity contribution in [1.29, 1.82) is 0 Å². The number of pyridine rings is 1. The third-order valence-corrected chi connectivity index (χ3v) is 4.55. The zero-order valence-electron chi connectivity index (χ0n) is 13.1. The van der Waals surface area contributed by atoms with Gasteiger partial charge in [-0.2, -0.15) is 0 Å². The topological polar surface area (TPSA) is 48.4 Å². The lowest BCUT2D eigenvalue weighted by Gasteiger charge is -2.14. The molecule has 1 aliphatic rings. The van der Waals surface area contributed by atoms with Crippen molar-refractivity contribution in [3.63, 3.8) is 0 Å². The molecule has 1 aromatic heterocycles. The van der Waals surface area contributed by atoms with Gasteiger partial charge in [-0.05, 0) is 63.6 Å². The summed E-state index contributed by atoms with van der Waals surface area (Å²) in [6, 6.07) is 5.52. The van der Waals surface area contributed by atoms with Gasteiger partial charge in [0, 0.05) is 23.7 Å². The molecule has 4 nitrogen and oxygen atoms in total. The molecule has 1 saturated heterocycles. The monoisotopic (exact) mass is 355 g/mol. The normalized spacial score (nSPS) is 15.0. The molecule has 0 spiro atoms. The number of hydrogen-bond donors (Lipinski definition) is 2. The van der Waals surface area contributed by atoms with Crippen molar-refractivity contribution in [2.24, 2.45) is 0 Å². The molecule has 23 heavy (non-hydrogen) atoms. The van der Waals surface area contributed by atoms with Crippen LogP contribution >= 0.6 is 24.0 Å². The maximum Gasteiger partial charge on any atom is 0.146 e. The van der Waals surface area contributed by atoms with Crippen LogP contribution in [0, 0.1) is 0 Å². The number of rotatable bonds is 6. The first-order chi connectivity index (χ1) is 10.8. The zero-order valence-corrected chi connectivity index (χ0v) is 14.7. The lowest BCUT2D eigenvalue weighted by Crippen LogP contribution is -2.24. The fourth-order valence-electron chi connectivity index (χ4n) is 3.03. The Morgan fingerprint density at radius 1 is 1.30 bits per heavy atom. The van der Waals surface area contributed by atoms with Crippen LogP contribution in [0.25, 0.3) is 10.9 Å². The van der Waals surface area contributed by atoms with Gasteiger partial charge in [0.2, 0.25) is 0 Å². The number of aromatic nitrogens is 1. The van der Waals surface area contributed by atoms with E-state index in [1.165, 1.54) is 25.9 Å². The first kappa shape index (κ1) is 18.3. The van der Waals surface area contributed by atoms with E-state index in [-0.39, 0.29) is 18.2 Å². The van der Waals surface area contributed by atoms with E-state index in [9.17, 15) is 5.11 Å². The van der Waals surface area contributed by atoms with Crippen molar-refractivity contribution in [2.45, 2.75) is 25.8 Å². The molecule has 2 N–H and O–H groups in total. The Morgan fingerprint density at radius 3 is 2.87 bits per heavy atom. The van der Waals surface area contributed by atoms with Crippen molar-refractivity contribution in [3.05, 3.63) is 35.0 Å². The van der Waals surface area contributed by atoms with Gasteiger partial charge < -0.3 is 15.3 Å². The predicted molar refractivity (Wildman–Crippen MR) is 97.7 cm³/mol. The first-order valence-electron chi connectivity index (χ1n) is 7.94. The summed E-state index contributed by atoms with van der Waals surface area (Å²) in [5, 5.41) is 15.1. The van der Waals surface area contributed by atoms with Crippen LogP contribution in [0.5, 0.6) is 5.75 Å². The largest absolute Gasteiger partial charge is 0.505 e. The van der Waals surface area contributed by atoms with E-state index in [1.54, 1.807) is 6.20 Å². The Kier molecular flexibility index (Phi) is 6.90. The number of hydrogen-bond acceptors (Lipinski definition) is 4. The number of fused-ring (bicyclic) bond motifs is 1. The van der Waals surface area contributed by atoms with E-state index >= 15 is 0 Å². The van der Waals surface area contributed by atoms with Crippen LogP contribution in [0.1, 0.15) is 24.8 Å². The van der Waals surface area contributed by atoms with E-state index < -0.39 is 0 Å². The minimum absolute atomic E-state index is 0. The highest BCUT2D eigenvalue weighted by Gasteiger charge is 2.12. The number of likely N-dealkylation sites (tertiary alicyclic amines) is 1. The van der Waals surface area contributed by atoms with E-state index in [0.717, 1.165) is 30.5 Å². The molecule has 1 fully saturated rings. The molecule has 3 rings (SSSR count). The highest BCUT2D eigenvalue weighted by molar-refractivity contribution is 6.35. The van der Waals surface area contributed by atoms with Crippen LogP contribution in [-0.2, 0) is 6.54 Å². The average Bonchev–Trinajstić information content (AvgIpc) is 3.05. The number of phenolic OH excluding ortho intramolecular Hbond substituents is 1. The molecule has 0 amide bonds. The van der Waals surface area contributed by atoms with Gasteiger partial charge in [-0.15, -0.1) is 12.4 Å². The number of nitrogens with one attached hydrogen (secondary N) is 1. The van der Waals surface area contributed by atoms with Crippen molar-refractivity contribution < 1.29 is 5.11 Å². The highest BCUT2D eigenvalue weighted by atomic mass is 35.5. The Morgan fingerprint density at radius 2 is 2.09 bits per heavy atom. The third-order valence-electron chi connectivity index (χ3n) is 4.24. The summed E-state index contributed by atoms with van der Waals surface area (Å²) in [4.78, 5) is 6.74. The zero-order chi connectivity index (χ0) is 15.4. The molecule has 126 valence electrons. The minimum atomic E-state index is 0. The van der Waals surface area contributed by atoms with Crippen LogP contribution in [-0.4, -0.2) is 41.2 Å². The fourth-order valence-corrected chi connectivity index (χ4v) is 3.31. The SMILES string of the molecule is Cl.Oc1c(CNCCCN2CCCC2)cc(Cl)c2cccnc12. The highest BCUT2D eigenvalue weighted by Crippen LogP contribution is 2.32. The second-order valence-corrected chi connectivity index (χ2v) is 6.25. The maximum absolute atomic E-state index is 10.3. The van der Waals surface area contributed by atoms with Crippen molar-refractivity contribution in [1.82, 2.24) is 15.2 Å². The standard InChI is InChI=1S/C17H22ClN3O.ClH/c18-15-11-13(17(22)16-14(15)5-3-7-20-16)12-19-6-4-10-21-8-1-2-9-21;/h3,5,7,11,19,22H,1-2,4,6,8-10,12H2;1H. The molecule has 0 unspecified atom stereocenters. The summed E-state index contributed by atoms with van der Waals surface area (Å²) >= 11 is 6.27. The molecule has 0 aliphatic carbocycles. The Hall–Kier alpha value is -1.07. The summed E-state index contributed by atoms with van der Waals surface area (Å²) in [6.07, 6.45) is 5.47. The van der Waals surface area contributed by atoms with Crippen molar-refractivity contribution in [3.8, 4) is 5.75 Å². The first-order valence-corrected chi connectivity index (χ1v) is 8.31. The Labute approximate surface area is 148 Å². The van der Waals surface area contributed by atoms with Crippen molar-refractivity contribution >= 4 is 34.9 Å². The van der Waals surface area contributed by atoms with E-state index in [1.807, 2.05) is 18.2 Å². The maximum atomic E-state index is 10.3. The lowest BCUT2D eigenvalue weighted by molar-refractivity contribution is 0.331. The fraction of sp³-hybridized carbons (Fsp3) is 0.471.